The number of benzene rings is 2. The van der Waals surface area contributed by atoms with Gasteiger partial charge in [0.2, 0.25) is 0 Å². The summed E-state index contributed by atoms with van der Waals surface area (Å²) >= 11 is 0. The molecule has 0 fully saturated rings. The molecule has 35 heavy (non-hydrogen) atoms. The highest BCUT2D eigenvalue weighted by Crippen LogP contribution is 2.41. The molecule has 2 aromatic carbocycles. The van der Waals surface area contributed by atoms with Gasteiger partial charge in [-0.15, -0.1) is 0 Å². The monoisotopic (exact) mass is 475 g/mol. The van der Waals surface area contributed by atoms with Crippen LogP contribution in [0.2, 0.25) is 0 Å². The lowest BCUT2D eigenvalue weighted by Crippen LogP contribution is -2.25. The number of methoxy groups -OCH3 is 2. The van der Waals surface area contributed by atoms with E-state index in [0.717, 1.165) is 23.3 Å². The predicted octanol–water partition coefficient (Wildman–Crippen LogP) is 3.63. The molecule has 8 nitrogen and oxygen atoms in total. The second-order valence-electron chi connectivity index (χ2n) is 8.71. The quantitative estimate of drug-likeness (QED) is 0.526. The van der Waals surface area contributed by atoms with Crippen molar-refractivity contribution in [3.63, 3.8) is 0 Å². The number of ether oxygens (including phenoxy) is 4. The molecular weight excluding hydrogens is 446 g/mol. The van der Waals surface area contributed by atoms with Gasteiger partial charge in [0.15, 0.2) is 11.5 Å². The fourth-order valence-corrected chi connectivity index (χ4v) is 3.97. The Labute approximate surface area is 205 Å². The molecular formula is C27H29N3O5. The first-order valence-electron chi connectivity index (χ1n) is 11.3. The minimum absolute atomic E-state index is 0.182. The van der Waals surface area contributed by atoms with E-state index in [4.69, 9.17) is 18.9 Å². The third kappa shape index (κ3) is 5.35. The lowest BCUT2D eigenvalue weighted by Gasteiger charge is -2.17. The molecule has 0 unspecified atom stereocenters. The maximum absolute atomic E-state index is 12.7. The van der Waals surface area contributed by atoms with Crippen molar-refractivity contribution in [2.45, 2.75) is 25.9 Å². The van der Waals surface area contributed by atoms with Crippen molar-refractivity contribution in [3.8, 4) is 46.1 Å². The Morgan fingerprint density at radius 2 is 1.97 bits per heavy atom. The Morgan fingerprint density at radius 3 is 2.74 bits per heavy atom. The number of carbonyl (C=O) groups is 1. The van der Waals surface area contributed by atoms with Gasteiger partial charge >= 0.3 is 0 Å². The van der Waals surface area contributed by atoms with Crippen LogP contribution in [0.5, 0.6) is 23.0 Å². The summed E-state index contributed by atoms with van der Waals surface area (Å²) in [5.74, 6) is 8.35. The van der Waals surface area contributed by atoms with E-state index in [-0.39, 0.29) is 24.7 Å². The average molecular weight is 476 g/mol. The number of hydrogen-bond donors (Lipinski definition) is 1. The maximum atomic E-state index is 12.7. The number of rotatable bonds is 7. The van der Waals surface area contributed by atoms with E-state index in [0.29, 0.717) is 28.6 Å². The molecule has 1 aliphatic heterocycles. The summed E-state index contributed by atoms with van der Waals surface area (Å²) in [4.78, 5) is 12.7. The highest BCUT2D eigenvalue weighted by atomic mass is 16.5. The van der Waals surface area contributed by atoms with Crippen molar-refractivity contribution in [1.82, 2.24) is 15.1 Å². The lowest BCUT2D eigenvalue weighted by atomic mass is 10.0. The van der Waals surface area contributed by atoms with Gasteiger partial charge in [-0.2, -0.15) is 5.10 Å². The number of nitrogens with one attached hydrogen (secondary N) is 1. The average Bonchev–Trinajstić information content (AvgIpc) is 3.39. The van der Waals surface area contributed by atoms with E-state index in [1.54, 1.807) is 39.5 Å². The van der Waals surface area contributed by atoms with Gasteiger partial charge in [0, 0.05) is 24.6 Å². The van der Waals surface area contributed by atoms with E-state index >= 15 is 0 Å². The van der Waals surface area contributed by atoms with Crippen molar-refractivity contribution in [2.75, 3.05) is 27.4 Å². The molecule has 2 heterocycles. The second-order valence-corrected chi connectivity index (χ2v) is 8.71. The number of nitrogens with zero attached hydrogens (tertiary/aromatic N) is 2. The van der Waals surface area contributed by atoms with Gasteiger partial charge in [0.1, 0.15) is 29.4 Å². The smallest absolute Gasteiger partial charge is 0.270 e. The first-order chi connectivity index (χ1) is 16.8. The molecule has 0 spiro atoms. The summed E-state index contributed by atoms with van der Waals surface area (Å²) in [6, 6.07) is 13.0. The Morgan fingerprint density at radius 1 is 1.14 bits per heavy atom. The van der Waals surface area contributed by atoms with Gasteiger partial charge in [0.25, 0.3) is 5.91 Å². The van der Waals surface area contributed by atoms with Crippen LogP contribution in [-0.2, 0) is 13.5 Å². The molecule has 0 bridgehead atoms. The van der Waals surface area contributed by atoms with Gasteiger partial charge in [-0.25, -0.2) is 0 Å². The minimum atomic E-state index is -0.278. The summed E-state index contributed by atoms with van der Waals surface area (Å²) in [5.41, 5.74) is 2.64. The molecule has 1 N–H and O–H groups in total. The van der Waals surface area contributed by atoms with Gasteiger partial charge < -0.3 is 24.3 Å². The van der Waals surface area contributed by atoms with Gasteiger partial charge in [0.05, 0.1) is 26.5 Å². The number of aryl methyl sites for hydroxylation is 1. The lowest BCUT2D eigenvalue weighted by molar-refractivity contribution is 0.0949. The van der Waals surface area contributed by atoms with Crippen LogP contribution in [0.25, 0.3) is 11.3 Å². The molecule has 0 saturated carbocycles. The molecule has 8 heteroatoms. The van der Waals surface area contributed by atoms with Crippen LogP contribution in [0.15, 0.2) is 42.5 Å². The zero-order valence-electron chi connectivity index (χ0n) is 20.6. The zero-order valence-corrected chi connectivity index (χ0v) is 20.6. The van der Waals surface area contributed by atoms with Crippen molar-refractivity contribution < 1.29 is 23.7 Å². The van der Waals surface area contributed by atoms with Crippen molar-refractivity contribution in [2.24, 2.45) is 7.05 Å². The first kappa shape index (κ1) is 24.0. The molecule has 0 atom stereocenters. The first-order valence-corrected chi connectivity index (χ1v) is 11.3. The summed E-state index contributed by atoms with van der Waals surface area (Å²) in [5, 5.41) is 7.27. The predicted molar refractivity (Wildman–Crippen MR) is 132 cm³/mol. The number of carbonyl (C=O) groups excluding carboxylic acids is 1. The highest BCUT2D eigenvalue weighted by Gasteiger charge is 2.32. The maximum Gasteiger partial charge on any atom is 0.270 e. The molecule has 0 radical (unpaired) electrons. The number of para-hydroxylation sites is 1. The molecule has 4 rings (SSSR count). The number of hydrogen-bond acceptors (Lipinski definition) is 6. The normalized spacial score (nSPS) is 13.2. The molecule has 0 saturated heterocycles. The minimum Gasteiger partial charge on any atom is -0.497 e. The Bertz CT molecular complexity index is 1300. The van der Waals surface area contributed by atoms with E-state index in [1.165, 1.54) is 4.68 Å². The van der Waals surface area contributed by atoms with E-state index < -0.39 is 0 Å². The Balaban J connectivity index is 1.34. The summed E-state index contributed by atoms with van der Waals surface area (Å²) in [7, 11) is 4.89. The van der Waals surface area contributed by atoms with E-state index in [9.17, 15) is 4.79 Å². The molecule has 1 aliphatic rings. The van der Waals surface area contributed by atoms with Crippen molar-refractivity contribution >= 4 is 5.91 Å². The second kappa shape index (κ2) is 10.0. The molecule has 0 aliphatic carbocycles. The number of amides is 1. The molecule has 3 aromatic rings. The van der Waals surface area contributed by atoms with Crippen LogP contribution < -0.4 is 24.3 Å². The van der Waals surface area contributed by atoms with Crippen LogP contribution >= 0.6 is 0 Å². The van der Waals surface area contributed by atoms with Crippen LogP contribution in [0.1, 0.15) is 29.9 Å². The van der Waals surface area contributed by atoms with Crippen LogP contribution in [0, 0.1) is 11.8 Å². The van der Waals surface area contributed by atoms with Crippen molar-refractivity contribution in [1.29, 1.82) is 0 Å². The third-order valence-electron chi connectivity index (χ3n) is 5.61. The van der Waals surface area contributed by atoms with Gasteiger partial charge in [-0.1, -0.05) is 24.0 Å². The fraction of sp³-hybridized carbons (Fsp3) is 0.333. The number of aromatic nitrogens is 2. The van der Waals surface area contributed by atoms with Crippen molar-refractivity contribution in [3.05, 3.63) is 53.7 Å². The zero-order chi connectivity index (χ0) is 25.0. The third-order valence-corrected chi connectivity index (χ3v) is 5.61. The highest BCUT2D eigenvalue weighted by molar-refractivity contribution is 5.94. The Hall–Kier alpha value is -4.12. The van der Waals surface area contributed by atoms with Crippen LogP contribution in [0.3, 0.4) is 0 Å². The number of fused-ring (bicyclic) bond motifs is 1. The largest absolute Gasteiger partial charge is 0.497 e. The molecule has 1 amide bonds. The van der Waals surface area contributed by atoms with Crippen LogP contribution in [0.4, 0.5) is 0 Å². The standard InChI is InChI=1S/C27H29N3O5/c1-27(2)17-18-9-8-10-24(25(18)35-27)34-14-7-6-13-28-26(31)22-16-21(29-30(22)3)20-15-19(32-4)11-12-23(20)33-5/h8-12,15-16H,13-14,17H2,1-5H3,(H,28,31). The fourth-order valence-electron chi connectivity index (χ4n) is 3.97. The molecule has 1 aromatic heterocycles. The SMILES string of the molecule is COc1ccc(OC)c(-c2cc(C(=O)NCC#CCOc3cccc4c3OC(C)(C)C4)n(C)n2)c1. The van der Waals surface area contributed by atoms with Crippen LogP contribution in [-0.4, -0.2) is 48.7 Å². The van der Waals surface area contributed by atoms with E-state index in [2.05, 4.69) is 36.1 Å². The summed E-state index contributed by atoms with van der Waals surface area (Å²) < 4.78 is 24.1. The Kier molecular flexibility index (Phi) is 6.87. The van der Waals surface area contributed by atoms with E-state index in [1.807, 2.05) is 24.3 Å². The van der Waals surface area contributed by atoms with Gasteiger partial charge in [-0.05, 0) is 44.2 Å². The molecule has 182 valence electrons. The van der Waals surface area contributed by atoms with Gasteiger partial charge in [-0.3, -0.25) is 9.48 Å². The topological polar surface area (TPSA) is 83.8 Å². The summed E-state index contributed by atoms with van der Waals surface area (Å²) in [6.45, 7) is 4.48. The summed E-state index contributed by atoms with van der Waals surface area (Å²) in [6.07, 6.45) is 0.845.